The number of rotatable bonds is 7. The lowest BCUT2D eigenvalue weighted by Crippen LogP contribution is -2.32. The first kappa shape index (κ1) is 19.5. The van der Waals surface area contributed by atoms with Crippen molar-refractivity contribution in [3.05, 3.63) is 64.7 Å². The van der Waals surface area contributed by atoms with Gasteiger partial charge in [0.25, 0.3) is 5.91 Å². The molecule has 5 heteroatoms. The van der Waals surface area contributed by atoms with Gasteiger partial charge in [-0.2, -0.15) is 0 Å². The predicted octanol–water partition coefficient (Wildman–Crippen LogP) is 3.52. The molecule has 0 N–H and O–H groups in total. The molecule has 0 aliphatic heterocycles. The Hall–Kier alpha value is -2.82. The van der Waals surface area contributed by atoms with Crippen molar-refractivity contribution in [1.29, 1.82) is 0 Å². The van der Waals surface area contributed by atoms with Gasteiger partial charge < -0.3 is 14.4 Å². The highest BCUT2D eigenvalue weighted by Crippen LogP contribution is 2.17. The molecule has 1 amide bonds. The Labute approximate surface area is 154 Å². The van der Waals surface area contributed by atoms with E-state index in [2.05, 4.69) is 0 Å². The molecule has 0 aromatic heterocycles. The molecule has 0 unspecified atom stereocenters. The summed E-state index contributed by atoms with van der Waals surface area (Å²) in [5.74, 6) is 0.320. The molecule has 0 atom stereocenters. The monoisotopic (exact) mass is 355 g/mol. The SMILES string of the molecule is COC(=O)CCN(Cc1ccc(OC)cc1)C(=O)c1ccc(C)c(C)c1. The van der Waals surface area contributed by atoms with Crippen LogP contribution in [-0.2, 0) is 16.1 Å². The van der Waals surface area contributed by atoms with Gasteiger partial charge in [-0.25, -0.2) is 0 Å². The second kappa shape index (κ2) is 9.04. The first-order valence-electron chi connectivity index (χ1n) is 8.51. The van der Waals surface area contributed by atoms with Gasteiger partial charge in [0.1, 0.15) is 5.75 Å². The third-order valence-corrected chi connectivity index (χ3v) is 4.39. The first-order valence-corrected chi connectivity index (χ1v) is 8.51. The lowest BCUT2D eigenvalue weighted by atomic mass is 10.0. The largest absolute Gasteiger partial charge is 0.497 e. The zero-order valence-electron chi connectivity index (χ0n) is 15.7. The molecule has 26 heavy (non-hydrogen) atoms. The molecule has 0 saturated carbocycles. The summed E-state index contributed by atoms with van der Waals surface area (Å²) in [5.41, 5.74) is 3.78. The molecule has 0 fully saturated rings. The van der Waals surface area contributed by atoms with E-state index in [1.54, 1.807) is 12.0 Å². The maximum Gasteiger partial charge on any atom is 0.307 e. The summed E-state index contributed by atoms with van der Waals surface area (Å²) in [5, 5.41) is 0. The highest BCUT2D eigenvalue weighted by molar-refractivity contribution is 5.94. The number of hydrogen-bond donors (Lipinski definition) is 0. The lowest BCUT2D eigenvalue weighted by molar-refractivity contribution is -0.140. The fourth-order valence-corrected chi connectivity index (χ4v) is 2.59. The number of benzene rings is 2. The van der Waals surface area contributed by atoms with Crippen molar-refractivity contribution in [2.45, 2.75) is 26.8 Å². The molecular weight excluding hydrogens is 330 g/mol. The Kier molecular flexibility index (Phi) is 6.78. The summed E-state index contributed by atoms with van der Waals surface area (Å²) in [6.45, 7) is 4.70. The van der Waals surface area contributed by atoms with Crippen molar-refractivity contribution in [2.24, 2.45) is 0 Å². The van der Waals surface area contributed by atoms with E-state index in [-0.39, 0.29) is 18.3 Å². The number of nitrogens with zero attached hydrogens (tertiary/aromatic N) is 1. The van der Waals surface area contributed by atoms with Crippen molar-refractivity contribution in [2.75, 3.05) is 20.8 Å². The van der Waals surface area contributed by atoms with E-state index in [1.165, 1.54) is 7.11 Å². The fourth-order valence-electron chi connectivity index (χ4n) is 2.59. The molecule has 0 heterocycles. The molecule has 2 rings (SSSR count). The van der Waals surface area contributed by atoms with Gasteiger partial charge in [-0.15, -0.1) is 0 Å². The van der Waals surface area contributed by atoms with Gasteiger partial charge in [0.15, 0.2) is 0 Å². The van der Waals surface area contributed by atoms with Crippen LogP contribution in [0.4, 0.5) is 0 Å². The van der Waals surface area contributed by atoms with E-state index in [1.807, 2.05) is 56.3 Å². The zero-order chi connectivity index (χ0) is 19.1. The van der Waals surface area contributed by atoms with Crippen LogP contribution >= 0.6 is 0 Å². The highest BCUT2D eigenvalue weighted by atomic mass is 16.5. The number of esters is 1. The standard InChI is InChI=1S/C21H25NO4/c1-15-5-8-18(13-16(15)2)21(24)22(12-11-20(23)26-4)14-17-6-9-19(25-3)10-7-17/h5-10,13H,11-12,14H2,1-4H3. The lowest BCUT2D eigenvalue weighted by Gasteiger charge is -2.23. The van der Waals surface area contributed by atoms with Crippen LogP contribution in [0.15, 0.2) is 42.5 Å². The molecular formula is C21H25NO4. The third kappa shape index (κ3) is 5.09. The van der Waals surface area contributed by atoms with Crippen LogP contribution < -0.4 is 4.74 Å². The smallest absolute Gasteiger partial charge is 0.307 e. The van der Waals surface area contributed by atoms with Gasteiger partial charge in [-0.05, 0) is 54.8 Å². The van der Waals surface area contributed by atoms with E-state index in [0.29, 0.717) is 18.7 Å². The van der Waals surface area contributed by atoms with Crippen molar-refractivity contribution in [3.63, 3.8) is 0 Å². The summed E-state index contributed by atoms with van der Waals surface area (Å²) < 4.78 is 9.88. The summed E-state index contributed by atoms with van der Waals surface area (Å²) in [6.07, 6.45) is 0.156. The van der Waals surface area contributed by atoms with Crippen LogP contribution in [0.5, 0.6) is 5.75 Å². The predicted molar refractivity (Wildman–Crippen MR) is 100 cm³/mol. The normalized spacial score (nSPS) is 10.3. The van der Waals surface area contributed by atoms with Crippen molar-refractivity contribution in [1.82, 2.24) is 4.90 Å². The Balaban J connectivity index is 2.21. The maximum absolute atomic E-state index is 13.0. The molecule has 2 aromatic carbocycles. The van der Waals surface area contributed by atoms with Gasteiger partial charge in [0.05, 0.1) is 20.6 Å². The molecule has 2 aromatic rings. The quantitative estimate of drug-likeness (QED) is 0.713. The van der Waals surface area contributed by atoms with Crippen LogP contribution in [-0.4, -0.2) is 37.5 Å². The molecule has 0 bridgehead atoms. The second-order valence-electron chi connectivity index (χ2n) is 6.20. The van der Waals surface area contributed by atoms with Crippen LogP contribution in [0, 0.1) is 13.8 Å². The number of ether oxygens (including phenoxy) is 2. The minimum atomic E-state index is -0.336. The van der Waals surface area contributed by atoms with Crippen molar-refractivity contribution < 1.29 is 19.1 Å². The van der Waals surface area contributed by atoms with Crippen molar-refractivity contribution in [3.8, 4) is 5.75 Å². The van der Waals surface area contributed by atoms with Crippen molar-refractivity contribution >= 4 is 11.9 Å². The van der Waals surface area contributed by atoms with Gasteiger partial charge >= 0.3 is 5.97 Å². The maximum atomic E-state index is 13.0. The second-order valence-corrected chi connectivity index (χ2v) is 6.20. The molecule has 0 spiro atoms. The van der Waals surface area contributed by atoms with Gasteiger partial charge in [-0.3, -0.25) is 9.59 Å². The molecule has 0 aliphatic rings. The minimum absolute atomic E-state index is 0.104. The Bertz CT molecular complexity index is 768. The number of carbonyl (C=O) groups excluding carboxylic acids is 2. The number of methoxy groups -OCH3 is 2. The average Bonchev–Trinajstić information content (AvgIpc) is 2.66. The molecule has 0 saturated heterocycles. The summed E-state index contributed by atoms with van der Waals surface area (Å²) in [4.78, 5) is 26.2. The number of amides is 1. The highest BCUT2D eigenvalue weighted by Gasteiger charge is 2.18. The van der Waals surface area contributed by atoms with Gasteiger partial charge in [0.2, 0.25) is 0 Å². The van der Waals surface area contributed by atoms with Crippen LogP contribution in [0.3, 0.4) is 0 Å². The van der Waals surface area contributed by atoms with Gasteiger partial charge in [-0.1, -0.05) is 18.2 Å². The molecule has 138 valence electrons. The van der Waals surface area contributed by atoms with E-state index < -0.39 is 0 Å². The fraction of sp³-hybridized carbons (Fsp3) is 0.333. The summed E-state index contributed by atoms with van der Waals surface area (Å²) in [7, 11) is 2.96. The Morgan fingerprint density at radius 3 is 2.23 bits per heavy atom. The molecule has 0 radical (unpaired) electrons. The minimum Gasteiger partial charge on any atom is -0.497 e. The van der Waals surface area contributed by atoms with E-state index in [4.69, 9.17) is 9.47 Å². The van der Waals surface area contributed by atoms with Crippen LogP contribution in [0.1, 0.15) is 33.5 Å². The Morgan fingerprint density at radius 1 is 0.962 bits per heavy atom. The first-order chi connectivity index (χ1) is 12.4. The molecule has 5 nitrogen and oxygen atoms in total. The third-order valence-electron chi connectivity index (χ3n) is 4.39. The summed E-state index contributed by atoms with van der Waals surface area (Å²) in [6, 6.07) is 13.2. The zero-order valence-corrected chi connectivity index (χ0v) is 15.7. The summed E-state index contributed by atoms with van der Waals surface area (Å²) >= 11 is 0. The van der Waals surface area contributed by atoms with Crippen LogP contribution in [0.25, 0.3) is 0 Å². The number of hydrogen-bond acceptors (Lipinski definition) is 4. The molecule has 0 aliphatic carbocycles. The number of aryl methyl sites for hydroxylation is 2. The van der Waals surface area contributed by atoms with E-state index in [9.17, 15) is 9.59 Å². The van der Waals surface area contributed by atoms with Gasteiger partial charge in [0, 0.05) is 18.7 Å². The average molecular weight is 355 g/mol. The Morgan fingerprint density at radius 2 is 1.65 bits per heavy atom. The topological polar surface area (TPSA) is 55.8 Å². The van der Waals surface area contributed by atoms with E-state index >= 15 is 0 Å². The van der Waals surface area contributed by atoms with E-state index in [0.717, 1.165) is 22.4 Å². The number of carbonyl (C=O) groups is 2. The van der Waals surface area contributed by atoms with Crippen LogP contribution in [0.2, 0.25) is 0 Å².